The van der Waals surface area contributed by atoms with E-state index in [1.807, 2.05) is 77.1 Å². The topological polar surface area (TPSA) is 64.2 Å². The number of hydrogen-bond acceptors (Lipinski definition) is 5. The molecule has 1 amide bonds. The largest absolute Gasteiger partial charge is 0.461 e. The minimum atomic E-state index is -0.313. The van der Waals surface area contributed by atoms with Gasteiger partial charge in [0.2, 0.25) is 11.7 Å². The summed E-state index contributed by atoms with van der Waals surface area (Å²) in [6.07, 6.45) is 2.51. The molecule has 0 aliphatic carbocycles. The third kappa shape index (κ3) is 3.31. The maximum Gasteiger partial charge on any atom is 0.240 e. The summed E-state index contributed by atoms with van der Waals surface area (Å²) in [5.41, 5.74) is 3.15. The Morgan fingerprint density at radius 3 is 2.63 bits per heavy atom. The first-order valence-electron chi connectivity index (χ1n) is 9.83. The Labute approximate surface area is 178 Å². The molecule has 0 bridgehead atoms. The average molecular weight is 417 g/mol. The molecule has 0 saturated carbocycles. The maximum atomic E-state index is 13.2. The van der Waals surface area contributed by atoms with Crippen molar-refractivity contribution in [1.82, 2.24) is 14.8 Å². The lowest BCUT2D eigenvalue weighted by Gasteiger charge is -2.21. The van der Waals surface area contributed by atoms with Gasteiger partial charge in [-0.05, 0) is 49.2 Å². The number of amides is 1. The zero-order valence-electron chi connectivity index (χ0n) is 16.4. The van der Waals surface area contributed by atoms with Crippen molar-refractivity contribution in [2.45, 2.75) is 23.8 Å². The molecule has 0 spiro atoms. The second-order valence-corrected chi connectivity index (χ2v) is 8.39. The first-order valence-corrected chi connectivity index (χ1v) is 10.7. The van der Waals surface area contributed by atoms with Crippen LogP contribution in [0.4, 0.5) is 5.69 Å². The molecule has 1 aliphatic rings. The van der Waals surface area contributed by atoms with Gasteiger partial charge in [0.15, 0.2) is 10.9 Å². The van der Waals surface area contributed by atoms with E-state index >= 15 is 0 Å². The highest BCUT2D eigenvalue weighted by Gasteiger charge is 2.30. The molecule has 2 aromatic heterocycles. The minimum Gasteiger partial charge on any atom is -0.461 e. The number of hydrogen-bond donors (Lipinski definition) is 0. The summed E-state index contributed by atoms with van der Waals surface area (Å²) in [6, 6.07) is 21.6. The van der Waals surface area contributed by atoms with Crippen LogP contribution in [0.5, 0.6) is 0 Å². The van der Waals surface area contributed by atoms with Crippen LogP contribution >= 0.6 is 11.8 Å². The van der Waals surface area contributed by atoms with E-state index in [0.29, 0.717) is 23.3 Å². The van der Waals surface area contributed by atoms with Crippen molar-refractivity contribution >= 4 is 23.4 Å². The van der Waals surface area contributed by atoms with Gasteiger partial charge in [0.1, 0.15) is 0 Å². The fourth-order valence-electron chi connectivity index (χ4n) is 3.72. The Morgan fingerprint density at radius 2 is 1.83 bits per heavy atom. The highest BCUT2D eigenvalue weighted by atomic mass is 32.2. The third-order valence-electron chi connectivity index (χ3n) is 5.17. The lowest BCUT2D eigenvalue weighted by Crippen LogP contribution is -2.35. The number of para-hydroxylation sites is 2. The molecule has 6 nitrogen and oxygen atoms in total. The first kappa shape index (κ1) is 18.7. The normalized spacial score (nSPS) is 14.0. The second-order valence-electron chi connectivity index (χ2n) is 7.08. The Bertz CT molecular complexity index is 1170. The molecule has 0 fully saturated rings. The summed E-state index contributed by atoms with van der Waals surface area (Å²) in [4.78, 5) is 15.1. The van der Waals surface area contributed by atoms with Crippen LogP contribution in [0.3, 0.4) is 0 Å². The van der Waals surface area contributed by atoms with E-state index in [2.05, 4.69) is 16.3 Å². The fraction of sp³-hybridized carbons (Fsp3) is 0.174. The molecule has 150 valence electrons. The molecule has 0 radical (unpaired) electrons. The third-order valence-corrected chi connectivity index (χ3v) is 6.20. The van der Waals surface area contributed by atoms with E-state index in [0.717, 1.165) is 17.8 Å². The molecule has 2 aromatic carbocycles. The predicted octanol–water partition coefficient (Wildman–Crippen LogP) is 4.60. The number of nitrogens with zero attached hydrogens (tertiary/aromatic N) is 4. The minimum absolute atomic E-state index is 0.0760. The van der Waals surface area contributed by atoms with Gasteiger partial charge in [-0.3, -0.25) is 9.36 Å². The van der Waals surface area contributed by atoms with Crippen molar-refractivity contribution in [2.24, 2.45) is 0 Å². The lowest BCUT2D eigenvalue weighted by atomic mass is 10.2. The number of carbonyl (C=O) groups excluding carboxylic acids is 1. The van der Waals surface area contributed by atoms with Gasteiger partial charge in [-0.2, -0.15) is 0 Å². The monoisotopic (exact) mass is 416 g/mol. The molecular formula is C23H20N4O2S. The molecule has 1 aliphatic heterocycles. The van der Waals surface area contributed by atoms with Gasteiger partial charge in [0.25, 0.3) is 0 Å². The quantitative estimate of drug-likeness (QED) is 0.445. The van der Waals surface area contributed by atoms with Crippen molar-refractivity contribution in [2.75, 3.05) is 11.4 Å². The van der Waals surface area contributed by atoms with E-state index < -0.39 is 0 Å². The number of benzene rings is 2. The molecule has 1 atom stereocenters. The molecule has 0 unspecified atom stereocenters. The smallest absolute Gasteiger partial charge is 0.240 e. The van der Waals surface area contributed by atoms with Gasteiger partial charge in [-0.1, -0.05) is 48.2 Å². The SMILES string of the molecule is C[C@@H](Sc1nnc(-c2ccco2)n1-c1ccccc1)C(=O)N1CCc2ccccc21. The highest BCUT2D eigenvalue weighted by molar-refractivity contribution is 8.00. The summed E-state index contributed by atoms with van der Waals surface area (Å²) in [5, 5.41) is 9.08. The summed E-state index contributed by atoms with van der Waals surface area (Å²) < 4.78 is 7.50. The van der Waals surface area contributed by atoms with Crippen LogP contribution in [0.2, 0.25) is 0 Å². The zero-order chi connectivity index (χ0) is 20.5. The summed E-state index contributed by atoms with van der Waals surface area (Å²) in [7, 11) is 0. The average Bonchev–Trinajstić information content (AvgIpc) is 3.53. The highest BCUT2D eigenvalue weighted by Crippen LogP contribution is 2.33. The Kier molecular flexibility index (Phi) is 4.88. The Hall–Kier alpha value is -3.32. The molecular weight excluding hydrogens is 396 g/mol. The van der Waals surface area contributed by atoms with Crippen LogP contribution in [0.1, 0.15) is 12.5 Å². The molecule has 5 rings (SSSR count). The maximum absolute atomic E-state index is 13.2. The van der Waals surface area contributed by atoms with Gasteiger partial charge in [-0.25, -0.2) is 0 Å². The van der Waals surface area contributed by atoms with Crippen molar-refractivity contribution in [3.8, 4) is 17.3 Å². The number of furan rings is 1. The Morgan fingerprint density at radius 1 is 1.03 bits per heavy atom. The Balaban J connectivity index is 1.46. The summed E-state index contributed by atoms with van der Waals surface area (Å²) in [6.45, 7) is 2.64. The van der Waals surface area contributed by atoms with Crippen LogP contribution in [0.25, 0.3) is 17.3 Å². The lowest BCUT2D eigenvalue weighted by molar-refractivity contribution is -0.117. The van der Waals surface area contributed by atoms with E-state index in [9.17, 15) is 4.79 Å². The van der Waals surface area contributed by atoms with Crippen molar-refractivity contribution in [3.05, 3.63) is 78.6 Å². The van der Waals surface area contributed by atoms with Crippen LogP contribution in [0.15, 0.2) is 82.6 Å². The number of anilines is 1. The first-order chi connectivity index (χ1) is 14.7. The fourth-order valence-corrected chi connectivity index (χ4v) is 4.65. The summed E-state index contributed by atoms with van der Waals surface area (Å²) >= 11 is 1.41. The van der Waals surface area contributed by atoms with Gasteiger partial charge in [0.05, 0.1) is 11.5 Å². The van der Waals surface area contributed by atoms with Crippen LogP contribution in [0, 0.1) is 0 Å². The molecule has 0 N–H and O–H groups in total. The van der Waals surface area contributed by atoms with Crippen molar-refractivity contribution < 1.29 is 9.21 Å². The van der Waals surface area contributed by atoms with Gasteiger partial charge in [-0.15, -0.1) is 10.2 Å². The zero-order valence-corrected chi connectivity index (χ0v) is 17.2. The molecule has 7 heteroatoms. The van der Waals surface area contributed by atoms with Crippen LogP contribution < -0.4 is 4.90 Å². The molecule has 30 heavy (non-hydrogen) atoms. The van der Waals surface area contributed by atoms with E-state index in [4.69, 9.17) is 4.42 Å². The van der Waals surface area contributed by atoms with Gasteiger partial charge < -0.3 is 9.32 Å². The number of thioether (sulfide) groups is 1. The summed E-state index contributed by atoms with van der Waals surface area (Å²) in [5.74, 6) is 1.32. The number of fused-ring (bicyclic) bond motifs is 1. The van der Waals surface area contributed by atoms with Gasteiger partial charge in [0, 0.05) is 17.9 Å². The van der Waals surface area contributed by atoms with E-state index in [1.165, 1.54) is 17.3 Å². The van der Waals surface area contributed by atoms with Crippen molar-refractivity contribution in [3.63, 3.8) is 0 Å². The van der Waals surface area contributed by atoms with Gasteiger partial charge >= 0.3 is 0 Å². The molecule has 0 saturated heterocycles. The van der Waals surface area contributed by atoms with Crippen LogP contribution in [-0.4, -0.2) is 32.5 Å². The molecule has 4 aromatic rings. The number of carbonyl (C=O) groups is 1. The standard InChI is InChI=1S/C23H20N4O2S/c1-16(22(28)26-14-13-17-8-5-6-11-19(17)26)30-23-25-24-21(20-12-7-15-29-20)27(23)18-9-3-2-4-10-18/h2-12,15-16H,13-14H2,1H3/t16-/m1/s1. The number of aromatic nitrogens is 3. The van der Waals surface area contributed by atoms with Crippen molar-refractivity contribution in [1.29, 1.82) is 0 Å². The predicted molar refractivity (Wildman–Crippen MR) is 117 cm³/mol. The van der Waals surface area contributed by atoms with E-state index in [-0.39, 0.29) is 11.2 Å². The van der Waals surface area contributed by atoms with E-state index in [1.54, 1.807) is 6.26 Å². The van der Waals surface area contributed by atoms with Crippen LogP contribution in [-0.2, 0) is 11.2 Å². The second kappa shape index (κ2) is 7.84. The number of rotatable bonds is 5. The molecule has 3 heterocycles.